The number of thioether (sulfide) groups is 1. The van der Waals surface area contributed by atoms with Crippen molar-refractivity contribution in [3.8, 4) is 0 Å². The Balaban J connectivity index is 2.32. The van der Waals surface area contributed by atoms with Gasteiger partial charge in [-0.25, -0.2) is 9.37 Å². The number of rotatable bonds is 7. The summed E-state index contributed by atoms with van der Waals surface area (Å²) in [7, 11) is 0. The van der Waals surface area contributed by atoms with Gasteiger partial charge in [-0.1, -0.05) is 17.8 Å². The second-order valence-electron chi connectivity index (χ2n) is 4.41. The van der Waals surface area contributed by atoms with Gasteiger partial charge in [0.25, 0.3) is 0 Å². The van der Waals surface area contributed by atoms with Gasteiger partial charge in [0.15, 0.2) is 11.0 Å². The first-order valence-electron chi connectivity index (χ1n) is 6.26. The maximum Gasteiger partial charge on any atom is 0.313 e. The summed E-state index contributed by atoms with van der Waals surface area (Å²) in [6.45, 7) is 0.421. The number of imidazole rings is 1. The maximum absolute atomic E-state index is 13.8. The van der Waals surface area contributed by atoms with Crippen LogP contribution < -0.4 is 5.73 Å². The van der Waals surface area contributed by atoms with Gasteiger partial charge in [0.2, 0.25) is 5.91 Å². The number of carboxylic acid groups (broad SMARTS) is 1. The van der Waals surface area contributed by atoms with Gasteiger partial charge >= 0.3 is 5.97 Å². The van der Waals surface area contributed by atoms with Crippen molar-refractivity contribution in [1.29, 1.82) is 0 Å². The highest BCUT2D eigenvalue weighted by molar-refractivity contribution is 7.99. The summed E-state index contributed by atoms with van der Waals surface area (Å²) in [5.41, 5.74) is 5.87. The molecule has 6 nitrogen and oxygen atoms in total. The van der Waals surface area contributed by atoms with E-state index in [4.69, 9.17) is 10.8 Å². The largest absolute Gasteiger partial charge is 0.481 e. The number of fused-ring (bicyclic) bond motifs is 1. The molecular formula is C13H14FN3O3S. The molecule has 0 saturated heterocycles. The van der Waals surface area contributed by atoms with Crippen LogP contribution in [0.4, 0.5) is 4.39 Å². The topological polar surface area (TPSA) is 98.2 Å². The van der Waals surface area contributed by atoms with E-state index in [-0.39, 0.29) is 17.7 Å². The number of aryl methyl sites for hydroxylation is 1. The molecule has 0 aliphatic rings. The number of carboxylic acids is 1. The quantitative estimate of drug-likeness (QED) is 0.757. The van der Waals surface area contributed by atoms with Crippen molar-refractivity contribution >= 4 is 34.7 Å². The number of carbonyl (C=O) groups excluding carboxylic acids is 1. The molecule has 112 valence electrons. The van der Waals surface area contributed by atoms with Crippen LogP contribution in [0, 0.1) is 5.82 Å². The number of halogens is 1. The number of amides is 1. The third-order valence-corrected chi connectivity index (χ3v) is 3.79. The SMILES string of the molecule is NC(=O)CCCn1c(SCC(=O)O)nc2c(F)cccc21. The number of aliphatic carboxylic acids is 1. The molecule has 0 bridgehead atoms. The molecule has 0 spiro atoms. The molecule has 0 aliphatic heterocycles. The van der Waals surface area contributed by atoms with Gasteiger partial charge in [0.1, 0.15) is 5.52 Å². The van der Waals surface area contributed by atoms with Gasteiger partial charge in [-0.3, -0.25) is 9.59 Å². The van der Waals surface area contributed by atoms with Crippen LogP contribution in [0.5, 0.6) is 0 Å². The molecule has 2 aromatic rings. The smallest absolute Gasteiger partial charge is 0.313 e. The Labute approximate surface area is 124 Å². The molecule has 0 unspecified atom stereocenters. The highest BCUT2D eigenvalue weighted by atomic mass is 32.2. The third kappa shape index (κ3) is 3.72. The molecule has 1 aromatic carbocycles. The predicted octanol–water partition coefficient (Wildman–Crippen LogP) is 1.62. The normalized spacial score (nSPS) is 10.9. The van der Waals surface area contributed by atoms with Crippen molar-refractivity contribution in [2.24, 2.45) is 5.73 Å². The molecule has 1 heterocycles. The number of primary amides is 1. The zero-order valence-electron chi connectivity index (χ0n) is 11.1. The maximum atomic E-state index is 13.8. The number of hydrogen-bond donors (Lipinski definition) is 2. The Hall–Kier alpha value is -2.09. The van der Waals surface area contributed by atoms with Crippen molar-refractivity contribution in [2.45, 2.75) is 24.5 Å². The van der Waals surface area contributed by atoms with E-state index in [1.165, 1.54) is 6.07 Å². The number of hydrogen-bond acceptors (Lipinski definition) is 4. The Bertz CT molecular complexity index is 687. The van der Waals surface area contributed by atoms with E-state index >= 15 is 0 Å². The minimum atomic E-state index is -0.976. The lowest BCUT2D eigenvalue weighted by Gasteiger charge is -2.07. The van der Waals surface area contributed by atoms with Crippen LogP contribution in [-0.4, -0.2) is 32.3 Å². The Morgan fingerprint density at radius 2 is 2.19 bits per heavy atom. The summed E-state index contributed by atoms with van der Waals surface area (Å²) in [6.07, 6.45) is 0.690. The zero-order chi connectivity index (χ0) is 15.4. The second kappa shape index (κ2) is 6.57. The molecule has 1 aromatic heterocycles. The molecule has 0 saturated carbocycles. The van der Waals surface area contributed by atoms with Gasteiger partial charge in [0, 0.05) is 13.0 Å². The molecule has 21 heavy (non-hydrogen) atoms. The van der Waals surface area contributed by atoms with E-state index in [9.17, 15) is 14.0 Å². The van der Waals surface area contributed by atoms with Crippen molar-refractivity contribution in [3.05, 3.63) is 24.0 Å². The van der Waals surface area contributed by atoms with Gasteiger partial charge in [-0.15, -0.1) is 0 Å². The highest BCUT2D eigenvalue weighted by Crippen LogP contribution is 2.26. The lowest BCUT2D eigenvalue weighted by atomic mass is 10.2. The average molecular weight is 311 g/mol. The van der Waals surface area contributed by atoms with E-state index < -0.39 is 17.7 Å². The van der Waals surface area contributed by atoms with Crippen molar-refractivity contribution in [2.75, 3.05) is 5.75 Å². The van der Waals surface area contributed by atoms with Gasteiger partial charge in [-0.2, -0.15) is 0 Å². The van der Waals surface area contributed by atoms with Gasteiger partial charge < -0.3 is 15.4 Å². The second-order valence-corrected chi connectivity index (χ2v) is 5.35. The Morgan fingerprint density at radius 3 is 2.86 bits per heavy atom. The molecule has 8 heteroatoms. The van der Waals surface area contributed by atoms with E-state index in [2.05, 4.69) is 4.98 Å². The summed E-state index contributed by atoms with van der Waals surface area (Å²) in [5, 5.41) is 9.17. The summed E-state index contributed by atoms with van der Waals surface area (Å²) < 4.78 is 15.5. The molecule has 2 rings (SSSR count). The van der Waals surface area contributed by atoms with Crippen molar-refractivity contribution < 1.29 is 19.1 Å². The van der Waals surface area contributed by atoms with Crippen LogP contribution in [0.1, 0.15) is 12.8 Å². The number of aromatic nitrogens is 2. The Kier molecular flexibility index (Phi) is 4.79. The first-order valence-corrected chi connectivity index (χ1v) is 7.25. The van der Waals surface area contributed by atoms with E-state index in [0.29, 0.717) is 23.6 Å². The Morgan fingerprint density at radius 1 is 1.43 bits per heavy atom. The minimum Gasteiger partial charge on any atom is -0.481 e. The standard InChI is InChI=1S/C13H14FN3O3S/c14-8-3-1-4-9-12(8)16-13(21-7-11(19)20)17(9)6-2-5-10(15)18/h1,3-4H,2,5-7H2,(H2,15,18)(H,19,20). The lowest BCUT2D eigenvalue weighted by molar-refractivity contribution is -0.133. The monoisotopic (exact) mass is 311 g/mol. The number of nitrogens with zero attached hydrogens (tertiary/aromatic N) is 2. The van der Waals surface area contributed by atoms with Crippen LogP contribution in [-0.2, 0) is 16.1 Å². The highest BCUT2D eigenvalue weighted by Gasteiger charge is 2.15. The summed E-state index contributed by atoms with van der Waals surface area (Å²) in [4.78, 5) is 25.6. The summed E-state index contributed by atoms with van der Waals surface area (Å²) in [5.74, 6) is -2.01. The number of para-hydroxylation sites is 1. The average Bonchev–Trinajstić information content (AvgIpc) is 2.76. The number of nitrogens with two attached hydrogens (primary N) is 1. The number of carbonyl (C=O) groups is 2. The number of benzene rings is 1. The van der Waals surface area contributed by atoms with Crippen LogP contribution in [0.2, 0.25) is 0 Å². The zero-order valence-corrected chi connectivity index (χ0v) is 11.9. The van der Waals surface area contributed by atoms with Crippen LogP contribution >= 0.6 is 11.8 Å². The molecule has 0 fully saturated rings. The predicted molar refractivity (Wildman–Crippen MR) is 76.5 cm³/mol. The lowest BCUT2D eigenvalue weighted by Crippen LogP contribution is -2.12. The molecule has 0 aliphatic carbocycles. The fourth-order valence-corrected chi connectivity index (χ4v) is 2.71. The van der Waals surface area contributed by atoms with E-state index in [0.717, 1.165) is 11.8 Å². The third-order valence-electron chi connectivity index (χ3n) is 2.82. The van der Waals surface area contributed by atoms with Gasteiger partial charge in [0.05, 0.1) is 11.3 Å². The van der Waals surface area contributed by atoms with E-state index in [1.54, 1.807) is 16.7 Å². The first-order chi connectivity index (χ1) is 9.99. The summed E-state index contributed by atoms with van der Waals surface area (Å²) in [6, 6.07) is 4.57. The van der Waals surface area contributed by atoms with Crippen LogP contribution in [0.3, 0.4) is 0 Å². The molecule has 3 N–H and O–H groups in total. The molecular weight excluding hydrogens is 297 g/mol. The molecule has 1 amide bonds. The van der Waals surface area contributed by atoms with Crippen LogP contribution in [0.25, 0.3) is 11.0 Å². The summed E-state index contributed by atoms with van der Waals surface area (Å²) >= 11 is 1.02. The molecule has 0 radical (unpaired) electrons. The van der Waals surface area contributed by atoms with Crippen LogP contribution in [0.15, 0.2) is 23.4 Å². The minimum absolute atomic E-state index is 0.166. The fourth-order valence-electron chi connectivity index (χ4n) is 1.96. The first kappa shape index (κ1) is 15.3. The van der Waals surface area contributed by atoms with Crippen molar-refractivity contribution in [1.82, 2.24) is 9.55 Å². The van der Waals surface area contributed by atoms with Gasteiger partial charge in [-0.05, 0) is 18.6 Å². The van der Waals surface area contributed by atoms with Crippen molar-refractivity contribution in [3.63, 3.8) is 0 Å². The molecule has 0 atom stereocenters. The van der Waals surface area contributed by atoms with E-state index in [1.807, 2.05) is 0 Å². The fraction of sp³-hybridized carbons (Fsp3) is 0.308.